The number of nitrogens with zero attached hydrogens (tertiary/aromatic N) is 1. The van der Waals surface area contributed by atoms with Crippen molar-refractivity contribution < 1.29 is 4.74 Å². The molecule has 2 nitrogen and oxygen atoms in total. The van der Waals surface area contributed by atoms with E-state index in [1.165, 1.54) is 28.4 Å². The molecule has 1 saturated heterocycles. The van der Waals surface area contributed by atoms with Crippen LogP contribution in [0.4, 0.5) is 0 Å². The van der Waals surface area contributed by atoms with E-state index in [2.05, 4.69) is 39.0 Å². The molecule has 1 aromatic rings. The third kappa shape index (κ3) is 2.04. The van der Waals surface area contributed by atoms with E-state index in [0.29, 0.717) is 6.04 Å². The number of benzene rings is 1. The van der Waals surface area contributed by atoms with Crippen LogP contribution in [-0.2, 0) is 17.6 Å². The quantitative estimate of drug-likeness (QED) is 0.783. The Kier molecular flexibility index (Phi) is 3.01. The predicted octanol–water partition coefficient (Wildman–Crippen LogP) is 2.25. The molecule has 1 aliphatic carbocycles. The topological polar surface area (TPSA) is 12.5 Å². The van der Waals surface area contributed by atoms with Crippen molar-refractivity contribution in [2.24, 2.45) is 0 Å². The highest BCUT2D eigenvalue weighted by Crippen LogP contribution is 2.28. The van der Waals surface area contributed by atoms with Gasteiger partial charge in [0.25, 0.3) is 0 Å². The maximum Gasteiger partial charge on any atom is 0.0594 e. The minimum Gasteiger partial charge on any atom is -0.379 e. The van der Waals surface area contributed by atoms with Gasteiger partial charge >= 0.3 is 0 Å². The lowest BCUT2D eigenvalue weighted by Gasteiger charge is -2.32. The number of ether oxygens (including phenoxy) is 1. The second-order valence-corrected chi connectivity index (χ2v) is 5.54. The van der Waals surface area contributed by atoms with Crippen molar-refractivity contribution in [1.29, 1.82) is 0 Å². The van der Waals surface area contributed by atoms with Crippen LogP contribution in [0.25, 0.3) is 0 Å². The lowest BCUT2D eigenvalue weighted by Crippen LogP contribution is -2.43. The zero-order valence-corrected chi connectivity index (χ0v) is 10.9. The molecule has 1 fully saturated rings. The largest absolute Gasteiger partial charge is 0.379 e. The molecule has 3 heteroatoms. The van der Waals surface area contributed by atoms with Crippen LogP contribution in [0.5, 0.6) is 0 Å². The molecule has 0 saturated carbocycles. The minimum absolute atomic E-state index is 0.702. The highest BCUT2D eigenvalue weighted by Gasteiger charge is 2.27. The van der Waals surface area contributed by atoms with Crippen LogP contribution < -0.4 is 0 Å². The maximum atomic E-state index is 5.41. The van der Waals surface area contributed by atoms with E-state index in [4.69, 9.17) is 4.74 Å². The van der Waals surface area contributed by atoms with Gasteiger partial charge in [-0.15, -0.1) is 0 Å². The third-order valence-corrected chi connectivity index (χ3v) is 4.13. The molecule has 1 aromatic carbocycles. The highest BCUT2D eigenvalue weighted by atomic mass is 79.9. The molecule has 2 aliphatic rings. The van der Waals surface area contributed by atoms with Gasteiger partial charge in [-0.2, -0.15) is 0 Å². The first-order valence-corrected chi connectivity index (χ1v) is 6.71. The summed E-state index contributed by atoms with van der Waals surface area (Å²) in [5.74, 6) is 0. The Morgan fingerprint density at radius 1 is 1.12 bits per heavy atom. The zero-order valence-electron chi connectivity index (χ0n) is 9.29. The van der Waals surface area contributed by atoms with Gasteiger partial charge in [-0.1, -0.05) is 22.0 Å². The van der Waals surface area contributed by atoms with E-state index in [9.17, 15) is 0 Å². The van der Waals surface area contributed by atoms with Crippen molar-refractivity contribution in [3.05, 3.63) is 33.8 Å². The molecule has 0 N–H and O–H groups in total. The van der Waals surface area contributed by atoms with Crippen LogP contribution in [0.1, 0.15) is 11.1 Å². The van der Waals surface area contributed by atoms with Crippen molar-refractivity contribution in [3.8, 4) is 0 Å². The molecule has 1 unspecified atom stereocenters. The number of hydrogen-bond donors (Lipinski definition) is 0. The lowest BCUT2D eigenvalue weighted by molar-refractivity contribution is 0.0187. The second kappa shape index (κ2) is 4.47. The Morgan fingerprint density at radius 2 is 1.88 bits per heavy atom. The van der Waals surface area contributed by atoms with E-state index in [-0.39, 0.29) is 0 Å². The molecule has 0 aromatic heterocycles. The van der Waals surface area contributed by atoms with Crippen molar-refractivity contribution in [2.75, 3.05) is 26.3 Å². The fourth-order valence-corrected chi connectivity index (χ4v) is 3.17. The summed E-state index contributed by atoms with van der Waals surface area (Å²) in [7, 11) is 0. The molecule has 86 valence electrons. The summed E-state index contributed by atoms with van der Waals surface area (Å²) in [4.78, 5) is 2.58. The molecule has 0 bridgehead atoms. The number of fused-ring (bicyclic) bond motifs is 1. The van der Waals surface area contributed by atoms with Crippen LogP contribution >= 0.6 is 15.9 Å². The molecule has 1 heterocycles. The molecule has 0 radical (unpaired) electrons. The molecule has 1 aliphatic heterocycles. The van der Waals surface area contributed by atoms with E-state index in [1.807, 2.05) is 0 Å². The van der Waals surface area contributed by atoms with Gasteiger partial charge in [0.15, 0.2) is 0 Å². The van der Waals surface area contributed by atoms with Crippen LogP contribution in [0.15, 0.2) is 22.7 Å². The number of rotatable bonds is 1. The third-order valence-electron chi connectivity index (χ3n) is 3.64. The van der Waals surface area contributed by atoms with E-state index >= 15 is 0 Å². The highest BCUT2D eigenvalue weighted by molar-refractivity contribution is 9.10. The molecule has 3 rings (SSSR count). The zero-order chi connectivity index (χ0) is 11.0. The van der Waals surface area contributed by atoms with Crippen molar-refractivity contribution in [3.63, 3.8) is 0 Å². The summed E-state index contributed by atoms with van der Waals surface area (Å²) in [6.45, 7) is 3.99. The Morgan fingerprint density at radius 3 is 2.69 bits per heavy atom. The van der Waals surface area contributed by atoms with Crippen molar-refractivity contribution in [1.82, 2.24) is 4.90 Å². The number of hydrogen-bond acceptors (Lipinski definition) is 2. The predicted molar refractivity (Wildman–Crippen MR) is 67.7 cm³/mol. The van der Waals surface area contributed by atoms with Gasteiger partial charge in [0.1, 0.15) is 0 Å². The van der Waals surface area contributed by atoms with Gasteiger partial charge < -0.3 is 4.74 Å². The van der Waals surface area contributed by atoms with E-state index in [0.717, 1.165) is 26.3 Å². The van der Waals surface area contributed by atoms with Gasteiger partial charge in [-0.3, -0.25) is 4.90 Å². The monoisotopic (exact) mass is 281 g/mol. The molecular weight excluding hydrogens is 266 g/mol. The van der Waals surface area contributed by atoms with E-state index in [1.54, 1.807) is 0 Å². The van der Waals surface area contributed by atoms with E-state index < -0.39 is 0 Å². The van der Waals surface area contributed by atoms with Crippen LogP contribution in [-0.4, -0.2) is 37.2 Å². The van der Waals surface area contributed by atoms with Gasteiger partial charge in [-0.05, 0) is 36.1 Å². The first-order chi connectivity index (χ1) is 7.83. The SMILES string of the molecule is Brc1ccc2c(c1)CC(N1CCOCC1)C2. The fraction of sp³-hybridized carbons (Fsp3) is 0.538. The molecule has 16 heavy (non-hydrogen) atoms. The summed E-state index contributed by atoms with van der Waals surface area (Å²) >= 11 is 3.55. The minimum atomic E-state index is 0.702. The Hall–Kier alpha value is -0.380. The summed E-state index contributed by atoms with van der Waals surface area (Å²) < 4.78 is 6.61. The standard InChI is InChI=1S/C13H16BrNO/c14-12-2-1-10-8-13(9-11(10)7-12)15-3-5-16-6-4-15/h1-2,7,13H,3-6,8-9H2. The first kappa shape index (κ1) is 10.8. The second-order valence-electron chi connectivity index (χ2n) is 4.62. The summed E-state index contributed by atoms with van der Waals surface area (Å²) in [6, 6.07) is 7.39. The maximum absolute atomic E-state index is 5.41. The van der Waals surface area contributed by atoms with Crippen molar-refractivity contribution >= 4 is 15.9 Å². The Labute approximate surface area is 105 Å². The first-order valence-electron chi connectivity index (χ1n) is 5.92. The van der Waals surface area contributed by atoms with Gasteiger partial charge in [-0.25, -0.2) is 0 Å². The van der Waals surface area contributed by atoms with Crippen LogP contribution in [0.2, 0.25) is 0 Å². The van der Waals surface area contributed by atoms with Gasteiger partial charge in [0.2, 0.25) is 0 Å². The Balaban J connectivity index is 1.74. The van der Waals surface area contributed by atoms with Crippen LogP contribution in [0, 0.1) is 0 Å². The van der Waals surface area contributed by atoms with Gasteiger partial charge in [0, 0.05) is 23.6 Å². The molecule has 0 spiro atoms. The van der Waals surface area contributed by atoms with Gasteiger partial charge in [0.05, 0.1) is 13.2 Å². The Bertz CT molecular complexity index is 388. The smallest absolute Gasteiger partial charge is 0.0594 e. The van der Waals surface area contributed by atoms with Crippen molar-refractivity contribution in [2.45, 2.75) is 18.9 Å². The summed E-state index contributed by atoms with van der Waals surface area (Å²) in [5.41, 5.74) is 3.05. The molecular formula is C13H16BrNO. The average molecular weight is 282 g/mol. The summed E-state index contributed by atoms with van der Waals surface area (Å²) in [6.07, 6.45) is 2.41. The normalized spacial score (nSPS) is 25.7. The lowest BCUT2D eigenvalue weighted by atomic mass is 10.1. The summed E-state index contributed by atoms with van der Waals surface area (Å²) in [5, 5.41) is 0. The fourth-order valence-electron chi connectivity index (χ4n) is 2.76. The number of morpholine rings is 1. The van der Waals surface area contributed by atoms with Crippen LogP contribution in [0.3, 0.4) is 0 Å². The molecule has 0 amide bonds. The molecule has 1 atom stereocenters. The average Bonchev–Trinajstić information content (AvgIpc) is 2.73. The number of halogens is 1.